The van der Waals surface area contributed by atoms with Crippen molar-refractivity contribution in [1.82, 2.24) is 15.4 Å². The molecular weight excluding hydrogens is 292 g/mol. The summed E-state index contributed by atoms with van der Waals surface area (Å²) in [6.07, 6.45) is 0.952. The minimum absolute atomic E-state index is 0.0829. The molecule has 0 saturated heterocycles. The molecule has 1 heterocycles. The SMILES string of the molecule is CC(C)CCOc1ccc(-c2n[nH]nc2C(N)=O)cc1Cl. The molecule has 0 spiro atoms. The van der Waals surface area contributed by atoms with Gasteiger partial charge in [0.1, 0.15) is 11.4 Å². The van der Waals surface area contributed by atoms with Crippen LogP contribution < -0.4 is 10.5 Å². The zero-order valence-corrected chi connectivity index (χ0v) is 12.6. The predicted molar refractivity (Wildman–Crippen MR) is 80.3 cm³/mol. The van der Waals surface area contributed by atoms with Crippen LogP contribution in [0.5, 0.6) is 5.75 Å². The number of carbonyl (C=O) groups is 1. The topological polar surface area (TPSA) is 93.9 Å². The lowest BCUT2D eigenvalue weighted by Crippen LogP contribution is -2.12. The highest BCUT2D eigenvalue weighted by Crippen LogP contribution is 2.30. The van der Waals surface area contributed by atoms with E-state index in [1.165, 1.54) is 0 Å². The summed E-state index contributed by atoms with van der Waals surface area (Å²) in [7, 11) is 0. The van der Waals surface area contributed by atoms with Gasteiger partial charge in [0.05, 0.1) is 11.6 Å². The number of ether oxygens (including phenoxy) is 1. The molecule has 7 heteroatoms. The number of hydrogen-bond acceptors (Lipinski definition) is 4. The standard InChI is InChI=1S/C14H17ClN4O2/c1-8(2)5-6-21-11-4-3-9(7-10(11)15)12-13(14(16)20)18-19-17-12/h3-4,7-8H,5-6H2,1-2H3,(H2,16,20)(H,17,18,19). The molecule has 0 aliphatic rings. The van der Waals surface area contributed by atoms with Gasteiger partial charge in [-0.2, -0.15) is 15.4 Å². The Balaban J connectivity index is 2.19. The second kappa shape index (κ2) is 6.58. The predicted octanol–water partition coefficient (Wildman–Crippen LogP) is 2.65. The molecule has 21 heavy (non-hydrogen) atoms. The normalized spacial score (nSPS) is 10.9. The van der Waals surface area contributed by atoms with Crippen LogP contribution in [-0.2, 0) is 0 Å². The first kappa shape index (κ1) is 15.3. The van der Waals surface area contributed by atoms with E-state index in [1.807, 2.05) is 0 Å². The van der Waals surface area contributed by atoms with E-state index in [4.69, 9.17) is 22.1 Å². The van der Waals surface area contributed by atoms with Gasteiger partial charge in [0.15, 0.2) is 5.69 Å². The monoisotopic (exact) mass is 308 g/mol. The van der Waals surface area contributed by atoms with Gasteiger partial charge in [-0.25, -0.2) is 0 Å². The average Bonchev–Trinajstić information content (AvgIpc) is 2.89. The van der Waals surface area contributed by atoms with Crippen molar-refractivity contribution in [2.75, 3.05) is 6.61 Å². The van der Waals surface area contributed by atoms with Crippen LogP contribution in [0.2, 0.25) is 5.02 Å². The zero-order chi connectivity index (χ0) is 15.4. The maximum Gasteiger partial charge on any atom is 0.271 e. The second-order valence-electron chi connectivity index (χ2n) is 5.06. The lowest BCUT2D eigenvalue weighted by atomic mass is 10.1. The molecule has 0 saturated carbocycles. The molecule has 0 bridgehead atoms. The molecule has 0 atom stereocenters. The molecule has 1 aromatic carbocycles. The van der Waals surface area contributed by atoms with Gasteiger partial charge in [-0.15, -0.1) is 0 Å². The van der Waals surface area contributed by atoms with Crippen molar-refractivity contribution in [2.45, 2.75) is 20.3 Å². The largest absolute Gasteiger partial charge is 0.492 e. The molecule has 112 valence electrons. The molecule has 0 fully saturated rings. The number of benzene rings is 1. The molecule has 3 N–H and O–H groups in total. The maximum absolute atomic E-state index is 11.3. The molecule has 0 aliphatic carbocycles. The highest BCUT2D eigenvalue weighted by molar-refractivity contribution is 6.32. The van der Waals surface area contributed by atoms with E-state index in [1.54, 1.807) is 18.2 Å². The molecule has 0 radical (unpaired) electrons. The third-order valence-electron chi connectivity index (χ3n) is 2.94. The number of H-pyrrole nitrogens is 1. The number of rotatable bonds is 6. The number of amides is 1. The van der Waals surface area contributed by atoms with Gasteiger partial charge in [-0.05, 0) is 30.5 Å². The van der Waals surface area contributed by atoms with Gasteiger partial charge in [-0.3, -0.25) is 4.79 Å². The van der Waals surface area contributed by atoms with Crippen molar-refractivity contribution < 1.29 is 9.53 Å². The van der Waals surface area contributed by atoms with E-state index in [9.17, 15) is 4.79 Å². The van der Waals surface area contributed by atoms with Crippen molar-refractivity contribution in [2.24, 2.45) is 11.7 Å². The molecule has 0 unspecified atom stereocenters. The molecule has 2 aromatic rings. The Morgan fingerprint density at radius 3 is 2.81 bits per heavy atom. The minimum Gasteiger partial charge on any atom is -0.492 e. The van der Waals surface area contributed by atoms with E-state index in [0.717, 1.165) is 6.42 Å². The average molecular weight is 309 g/mol. The van der Waals surface area contributed by atoms with Crippen LogP contribution in [0.1, 0.15) is 30.8 Å². The molecule has 6 nitrogen and oxygen atoms in total. The number of hydrogen-bond donors (Lipinski definition) is 2. The van der Waals surface area contributed by atoms with E-state index in [2.05, 4.69) is 29.3 Å². The first-order chi connectivity index (χ1) is 9.99. The first-order valence-corrected chi connectivity index (χ1v) is 7.00. The van der Waals surface area contributed by atoms with Crippen LogP contribution in [0.4, 0.5) is 0 Å². The van der Waals surface area contributed by atoms with Crippen molar-refractivity contribution in [3.05, 3.63) is 28.9 Å². The van der Waals surface area contributed by atoms with Crippen molar-refractivity contribution in [3.8, 4) is 17.0 Å². The van der Waals surface area contributed by atoms with Gasteiger partial charge < -0.3 is 10.5 Å². The molecule has 0 aliphatic heterocycles. The fraction of sp³-hybridized carbons (Fsp3) is 0.357. The van der Waals surface area contributed by atoms with Crippen LogP contribution in [-0.4, -0.2) is 27.9 Å². The first-order valence-electron chi connectivity index (χ1n) is 6.62. The summed E-state index contributed by atoms with van der Waals surface area (Å²) in [6.45, 7) is 4.86. The summed E-state index contributed by atoms with van der Waals surface area (Å²) < 4.78 is 5.63. The summed E-state index contributed by atoms with van der Waals surface area (Å²) >= 11 is 6.19. The van der Waals surface area contributed by atoms with E-state index in [0.29, 0.717) is 34.6 Å². The Morgan fingerprint density at radius 1 is 1.43 bits per heavy atom. The zero-order valence-electron chi connectivity index (χ0n) is 11.9. The van der Waals surface area contributed by atoms with Crippen LogP contribution in [0.25, 0.3) is 11.3 Å². The quantitative estimate of drug-likeness (QED) is 0.857. The molecule has 1 amide bonds. The van der Waals surface area contributed by atoms with Gasteiger partial charge in [0.25, 0.3) is 5.91 Å². The number of nitrogens with zero attached hydrogens (tertiary/aromatic N) is 2. The minimum atomic E-state index is -0.646. The highest BCUT2D eigenvalue weighted by atomic mass is 35.5. The van der Waals surface area contributed by atoms with Gasteiger partial charge in [0, 0.05) is 5.56 Å². The Kier molecular flexibility index (Phi) is 4.80. The Morgan fingerprint density at radius 2 is 2.19 bits per heavy atom. The maximum atomic E-state index is 11.3. The summed E-state index contributed by atoms with van der Waals surface area (Å²) in [5.74, 6) is 0.522. The van der Waals surface area contributed by atoms with Crippen molar-refractivity contribution >= 4 is 17.5 Å². The number of aromatic nitrogens is 3. The number of carbonyl (C=O) groups excluding carboxylic acids is 1. The Labute approximate surface area is 127 Å². The lowest BCUT2D eigenvalue weighted by molar-refractivity contribution is 0.0996. The fourth-order valence-corrected chi connectivity index (χ4v) is 2.01. The van der Waals surface area contributed by atoms with Crippen LogP contribution in [0.15, 0.2) is 18.2 Å². The summed E-state index contributed by atoms with van der Waals surface area (Å²) in [5.41, 5.74) is 6.35. The van der Waals surface area contributed by atoms with Crippen LogP contribution in [0, 0.1) is 5.92 Å². The van der Waals surface area contributed by atoms with Gasteiger partial charge >= 0.3 is 0 Å². The van der Waals surface area contributed by atoms with E-state index >= 15 is 0 Å². The number of halogens is 1. The number of nitrogens with one attached hydrogen (secondary N) is 1. The lowest BCUT2D eigenvalue weighted by Gasteiger charge is -2.10. The summed E-state index contributed by atoms with van der Waals surface area (Å²) in [5, 5.41) is 10.5. The third kappa shape index (κ3) is 3.72. The summed E-state index contributed by atoms with van der Waals surface area (Å²) in [4.78, 5) is 11.3. The van der Waals surface area contributed by atoms with Crippen LogP contribution >= 0.6 is 11.6 Å². The van der Waals surface area contributed by atoms with Crippen molar-refractivity contribution in [3.63, 3.8) is 0 Å². The number of primary amides is 1. The Bertz CT molecular complexity index is 640. The smallest absolute Gasteiger partial charge is 0.271 e. The van der Waals surface area contributed by atoms with E-state index < -0.39 is 5.91 Å². The van der Waals surface area contributed by atoms with Crippen molar-refractivity contribution in [1.29, 1.82) is 0 Å². The Hall–Kier alpha value is -2.08. The second-order valence-corrected chi connectivity index (χ2v) is 5.47. The molecule has 2 rings (SSSR count). The third-order valence-corrected chi connectivity index (χ3v) is 3.23. The summed E-state index contributed by atoms with van der Waals surface area (Å²) in [6, 6.07) is 5.19. The number of nitrogens with two attached hydrogens (primary N) is 1. The highest BCUT2D eigenvalue weighted by Gasteiger charge is 2.16. The molecular formula is C14H17ClN4O2. The van der Waals surface area contributed by atoms with E-state index in [-0.39, 0.29) is 5.69 Å². The number of aromatic amines is 1. The van der Waals surface area contributed by atoms with Gasteiger partial charge in [-0.1, -0.05) is 25.4 Å². The molecule has 1 aromatic heterocycles. The van der Waals surface area contributed by atoms with Crippen LogP contribution in [0.3, 0.4) is 0 Å². The fourth-order valence-electron chi connectivity index (χ4n) is 1.77. The van der Waals surface area contributed by atoms with Gasteiger partial charge in [0.2, 0.25) is 0 Å².